The molecule has 27 heavy (non-hydrogen) atoms. The normalized spacial score (nSPS) is 18.2. The van der Waals surface area contributed by atoms with Gasteiger partial charge in [0.1, 0.15) is 5.82 Å². The molecule has 0 bridgehead atoms. The zero-order valence-electron chi connectivity index (χ0n) is 16.7. The molecule has 1 aliphatic heterocycles. The van der Waals surface area contributed by atoms with Gasteiger partial charge in [-0.3, -0.25) is 9.67 Å². The van der Waals surface area contributed by atoms with Gasteiger partial charge in [0.05, 0.1) is 12.7 Å². The smallest absolute Gasteiger partial charge is 0.193 e. The van der Waals surface area contributed by atoms with E-state index in [0.29, 0.717) is 12.5 Å². The second-order valence-corrected chi connectivity index (χ2v) is 7.94. The van der Waals surface area contributed by atoms with E-state index in [1.165, 1.54) is 11.6 Å². The van der Waals surface area contributed by atoms with Crippen LogP contribution in [0.15, 0.2) is 41.7 Å². The molecule has 0 amide bonds. The molecule has 0 radical (unpaired) electrons. The van der Waals surface area contributed by atoms with E-state index in [1.807, 2.05) is 24.0 Å². The fourth-order valence-electron chi connectivity index (χ4n) is 3.57. The van der Waals surface area contributed by atoms with E-state index in [0.717, 1.165) is 37.6 Å². The number of aryl methyl sites for hydroxylation is 1. The van der Waals surface area contributed by atoms with E-state index >= 15 is 0 Å². The number of guanidine groups is 1. The molecule has 1 fully saturated rings. The fourth-order valence-corrected chi connectivity index (χ4v) is 3.57. The highest BCUT2D eigenvalue weighted by molar-refractivity contribution is 5.80. The first kappa shape index (κ1) is 19.4. The number of likely N-dealkylation sites (tertiary alicyclic amines) is 1. The minimum Gasteiger partial charge on any atom is -0.357 e. The number of aliphatic imine (C=N–C) groups is 1. The zero-order chi connectivity index (χ0) is 19.4. The number of hydrogen-bond acceptors (Lipinski definition) is 2. The Kier molecular flexibility index (Phi) is 5.82. The van der Waals surface area contributed by atoms with Crippen LogP contribution in [0.1, 0.15) is 44.2 Å². The molecule has 5 nitrogen and oxygen atoms in total. The maximum absolute atomic E-state index is 13.6. The molecule has 1 saturated heterocycles. The Balaban J connectivity index is 1.71. The van der Waals surface area contributed by atoms with Crippen molar-refractivity contribution in [2.24, 2.45) is 12.0 Å². The summed E-state index contributed by atoms with van der Waals surface area (Å²) >= 11 is 0. The van der Waals surface area contributed by atoms with Gasteiger partial charge in [0.15, 0.2) is 5.96 Å². The lowest BCUT2D eigenvalue weighted by Gasteiger charge is -2.26. The van der Waals surface area contributed by atoms with Crippen LogP contribution in [0.3, 0.4) is 0 Å². The third kappa shape index (κ3) is 4.67. The van der Waals surface area contributed by atoms with Crippen molar-refractivity contribution in [2.75, 3.05) is 26.2 Å². The lowest BCUT2D eigenvalue weighted by atomic mass is 9.85. The van der Waals surface area contributed by atoms with E-state index in [-0.39, 0.29) is 11.2 Å². The predicted molar refractivity (Wildman–Crippen MR) is 108 cm³/mol. The molecule has 2 aromatic rings. The van der Waals surface area contributed by atoms with Crippen LogP contribution in [-0.2, 0) is 12.5 Å². The number of nitrogens with zero attached hydrogens (tertiary/aromatic N) is 4. The van der Waals surface area contributed by atoms with E-state index in [2.05, 4.69) is 42.3 Å². The summed E-state index contributed by atoms with van der Waals surface area (Å²) in [7, 11) is 1.95. The zero-order valence-corrected chi connectivity index (χ0v) is 16.7. The van der Waals surface area contributed by atoms with E-state index < -0.39 is 0 Å². The van der Waals surface area contributed by atoms with Crippen molar-refractivity contribution >= 4 is 5.96 Å². The molecule has 2 heterocycles. The van der Waals surface area contributed by atoms with Gasteiger partial charge in [0.25, 0.3) is 0 Å². The summed E-state index contributed by atoms with van der Waals surface area (Å²) in [6, 6.07) is 6.83. The van der Waals surface area contributed by atoms with Gasteiger partial charge >= 0.3 is 0 Å². The Morgan fingerprint density at radius 3 is 2.89 bits per heavy atom. The van der Waals surface area contributed by atoms with E-state index in [4.69, 9.17) is 4.99 Å². The minimum absolute atomic E-state index is 0.199. The first-order valence-electron chi connectivity index (χ1n) is 9.67. The van der Waals surface area contributed by atoms with E-state index in [1.54, 1.807) is 12.1 Å². The molecule has 0 saturated carbocycles. The summed E-state index contributed by atoms with van der Waals surface area (Å²) in [4.78, 5) is 7.22. The molecule has 146 valence electrons. The Labute approximate surface area is 161 Å². The van der Waals surface area contributed by atoms with Crippen molar-refractivity contribution in [3.63, 3.8) is 0 Å². The monoisotopic (exact) mass is 371 g/mol. The molecule has 3 rings (SSSR count). The van der Waals surface area contributed by atoms with Crippen molar-refractivity contribution in [1.82, 2.24) is 20.0 Å². The van der Waals surface area contributed by atoms with Crippen molar-refractivity contribution in [2.45, 2.75) is 38.5 Å². The van der Waals surface area contributed by atoms with Crippen molar-refractivity contribution in [1.29, 1.82) is 0 Å². The Morgan fingerprint density at radius 2 is 2.22 bits per heavy atom. The number of halogens is 1. The molecule has 0 spiro atoms. The molecule has 1 unspecified atom stereocenters. The molecule has 1 N–H and O–H groups in total. The highest BCUT2D eigenvalue weighted by Gasteiger charge is 2.28. The van der Waals surface area contributed by atoms with Crippen LogP contribution in [0.5, 0.6) is 0 Å². The fraction of sp³-hybridized carbons (Fsp3) is 0.524. The standard InChI is InChI=1S/C21H30FN5/c1-5-23-20(24-15-21(2,3)18-7-6-8-19(22)11-18)27-10-9-16(14-27)17-12-25-26(4)13-17/h6-8,11-13,16H,5,9-10,14-15H2,1-4H3,(H,23,24). The average molecular weight is 372 g/mol. The van der Waals surface area contributed by atoms with Crippen LogP contribution in [0.25, 0.3) is 0 Å². The van der Waals surface area contributed by atoms with Crippen molar-refractivity contribution in [3.05, 3.63) is 53.6 Å². The topological polar surface area (TPSA) is 45.5 Å². The van der Waals surface area contributed by atoms with Crippen molar-refractivity contribution in [3.8, 4) is 0 Å². The van der Waals surface area contributed by atoms with Crippen LogP contribution in [-0.4, -0.2) is 46.8 Å². The minimum atomic E-state index is -0.231. The molecular formula is C21H30FN5. The van der Waals surface area contributed by atoms with Gasteiger partial charge in [0.2, 0.25) is 0 Å². The summed E-state index contributed by atoms with van der Waals surface area (Å²) in [5.74, 6) is 1.22. The van der Waals surface area contributed by atoms with Gasteiger partial charge in [0, 0.05) is 44.2 Å². The number of aromatic nitrogens is 2. The summed E-state index contributed by atoms with van der Waals surface area (Å²) in [5, 5.41) is 7.72. The molecular weight excluding hydrogens is 341 g/mol. The SMILES string of the molecule is CCNC(=NCC(C)(C)c1cccc(F)c1)N1CCC(c2cnn(C)c2)C1. The van der Waals surface area contributed by atoms with Gasteiger partial charge in [-0.25, -0.2) is 4.39 Å². The van der Waals surface area contributed by atoms with Crippen LogP contribution < -0.4 is 5.32 Å². The van der Waals surface area contributed by atoms with Crippen LogP contribution in [0.2, 0.25) is 0 Å². The molecule has 6 heteroatoms. The second-order valence-electron chi connectivity index (χ2n) is 7.94. The van der Waals surface area contributed by atoms with Crippen LogP contribution in [0.4, 0.5) is 4.39 Å². The molecule has 1 aromatic heterocycles. The molecule has 1 aromatic carbocycles. The van der Waals surface area contributed by atoms with Crippen LogP contribution in [0, 0.1) is 5.82 Å². The van der Waals surface area contributed by atoms with Crippen LogP contribution >= 0.6 is 0 Å². The lowest BCUT2D eigenvalue weighted by Crippen LogP contribution is -2.41. The number of rotatable bonds is 5. The van der Waals surface area contributed by atoms with Gasteiger partial charge in [-0.1, -0.05) is 26.0 Å². The van der Waals surface area contributed by atoms with Crippen molar-refractivity contribution < 1.29 is 4.39 Å². The largest absolute Gasteiger partial charge is 0.357 e. The molecule has 1 aliphatic rings. The predicted octanol–water partition coefficient (Wildman–Crippen LogP) is 3.29. The summed E-state index contributed by atoms with van der Waals surface area (Å²) in [5.41, 5.74) is 2.03. The number of nitrogens with one attached hydrogen (secondary N) is 1. The number of benzene rings is 1. The second kappa shape index (κ2) is 8.11. The van der Waals surface area contributed by atoms with Gasteiger partial charge in [-0.15, -0.1) is 0 Å². The Hall–Kier alpha value is -2.37. The van der Waals surface area contributed by atoms with Gasteiger partial charge in [-0.2, -0.15) is 5.10 Å². The third-order valence-corrected chi connectivity index (χ3v) is 5.25. The summed E-state index contributed by atoms with van der Waals surface area (Å²) in [6.07, 6.45) is 5.17. The molecule has 0 aliphatic carbocycles. The maximum atomic E-state index is 13.6. The van der Waals surface area contributed by atoms with Gasteiger partial charge in [-0.05, 0) is 36.6 Å². The summed E-state index contributed by atoms with van der Waals surface area (Å²) in [6.45, 7) is 9.65. The first-order valence-corrected chi connectivity index (χ1v) is 9.67. The average Bonchev–Trinajstić information content (AvgIpc) is 3.27. The third-order valence-electron chi connectivity index (χ3n) is 5.25. The Morgan fingerprint density at radius 1 is 1.41 bits per heavy atom. The van der Waals surface area contributed by atoms with E-state index in [9.17, 15) is 4.39 Å². The maximum Gasteiger partial charge on any atom is 0.193 e. The highest BCUT2D eigenvalue weighted by Crippen LogP contribution is 2.28. The van der Waals surface area contributed by atoms with Gasteiger partial charge < -0.3 is 10.2 Å². The quantitative estimate of drug-likeness (QED) is 0.648. The lowest BCUT2D eigenvalue weighted by molar-refractivity contribution is 0.473. The highest BCUT2D eigenvalue weighted by atomic mass is 19.1. The number of hydrogen-bond donors (Lipinski definition) is 1. The first-order chi connectivity index (χ1) is 12.9. The Bertz CT molecular complexity index is 795. The molecule has 1 atom stereocenters. The summed E-state index contributed by atoms with van der Waals surface area (Å²) < 4.78 is 15.5.